The second-order valence-electron chi connectivity index (χ2n) is 5.87. The maximum atomic E-state index is 12.4. The fraction of sp³-hybridized carbons (Fsp3) is 0.158. The number of benzene rings is 1. The summed E-state index contributed by atoms with van der Waals surface area (Å²) in [4.78, 5) is 24.9. The van der Waals surface area contributed by atoms with Crippen LogP contribution in [0.2, 0.25) is 5.02 Å². The Morgan fingerprint density at radius 1 is 0.846 bits per heavy atom. The monoisotopic (exact) mass is 374 g/mol. The SMILES string of the molecule is Cc1cc(O)c(C(c2ccc(Cl)cc2)c2c(O)cc(C)oc2=O)c(=O)o1. The normalized spacial score (nSPS) is 11.1. The lowest BCUT2D eigenvalue weighted by atomic mass is 9.85. The van der Waals surface area contributed by atoms with Gasteiger partial charge < -0.3 is 19.0 Å². The molecule has 7 heteroatoms. The zero-order chi connectivity index (χ0) is 19.0. The standard InChI is InChI=1S/C19H15ClO6/c1-9-7-13(21)16(18(23)25-9)15(11-3-5-12(20)6-4-11)17-14(22)8-10(2)26-19(17)24/h3-8,15,21-22H,1-2H3. The Hall–Kier alpha value is -2.99. The number of aromatic hydroxyl groups is 2. The van der Waals surface area contributed by atoms with Crippen LogP contribution in [0.4, 0.5) is 0 Å². The summed E-state index contributed by atoms with van der Waals surface area (Å²) < 4.78 is 10.2. The zero-order valence-corrected chi connectivity index (χ0v) is 14.7. The predicted octanol–water partition coefficient (Wildman–Crippen LogP) is 3.45. The van der Waals surface area contributed by atoms with Crippen molar-refractivity contribution in [2.24, 2.45) is 0 Å². The van der Waals surface area contributed by atoms with Gasteiger partial charge >= 0.3 is 11.3 Å². The number of aryl methyl sites for hydroxylation is 2. The number of hydrogen-bond donors (Lipinski definition) is 2. The van der Waals surface area contributed by atoms with E-state index < -0.39 is 17.2 Å². The highest BCUT2D eigenvalue weighted by molar-refractivity contribution is 6.30. The van der Waals surface area contributed by atoms with E-state index in [0.29, 0.717) is 10.6 Å². The minimum Gasteiger partial charge on any atom is -0.507 e. The molecule has 134 valence electrons. The van der Waals surface area contributed by atoms with Gasteiger partial charge in [0.25, 0.3) is 0 Å². The third kappa shape index (κ3) is 3.23. The van der Waals surface area contributed by atoms with Gasteiger partial charge in [-0.2, -0.15) is 0 Å². The lowest BCUT2D eigenvalue weighted by molar-refractivity contribution is 0.407. The van der Waals surface area contributed by atoms with Crippen LogP contribution in [-0.4, -0.2) is 10.2 Å². The molecule has 2 aromatic heterocycles. The Labute approximate surface area is 152 Å². The van der Waals surface area contributed by atoms with E-state index in [1.807, 2.05) is 0 Å². The highest BCUT2D eigenvalue weighted by atomic mass is 35.5. The molecule has 0 bridgehead atoms. The molecular weight excluding hydrogens is 360 g/mol. The molecule has 0 spiro atoms. The number of halogens is 1. The third-order valence-electron chi connectivity index (χ3n) is 3.96. The lowest BCUT2D eigenvalue weighted by Crippen LogP contribution is -2.21. The molecule has 2 heterocycles. The van der Waals surface area contributed by atoms with Crippen LogP contribution in [0.3, 0.4) is 0 Å². The molecule has 0 amide bonds. The maximum absolute atomic E-state index is 12.4. The summed E-state index contributed by atoms with van der Waals surface area (Å²) in [7, 11) is 0. The third-order valence-corrected chi connectivity index (χ3v) is 4.21. The maximum Gasteiger partial charge on any atom is 0.343 e. The summed E-state index contributed by atoms with van der Waals surface area (Å²) in [5.41, 5.74) is -1.54. The van der Waals surface area contributed by atoms with Crippen molar-refractivity contribution in [2.75, 3.05) is 0 Å². The molecular formula is C19H15ClO6. The van der Waals surface area contributed by atoms with E-state index in [1.165, 1.54) is 26.0 Å². The second-order valence-corrected chi connectivity index (χ2v) is 6.31. The van der Waals surface area contributed by atoms with Crippen LogP contribution in [0.5, 0.6) is 11.5 Å². The van der Waals surface area contributed by atoms with Crippen molar-refractivity contribution < 1.29 is 19.0 Å². The fourth-order valence-corrected chi connectivity index (χ4v) is 3.00. The average Bonchev–Trinajstić information content (AvgIpc) is 2.52. The van der Waals surface area contributed by atoms with E-state index >= 15 is 0 Å². The summed E-state index contributed by atoms with van der Waals surface area (Å²) in [5.74, 6) is -1.37. The molecule has 0 fully saturated rings. The lowest BCUT2D eigenvalue weighted by Gasteiger charge is -2.18. The molecule has 0 saturated carbocycles. The molecule has 0 saturated heterocycles. The van der Waals surface area contributed by atoms with Crippen molar-refractivity contribution in [3.8, 4) is 11.5 Å². The molecule has 0 unspecified atom stereocenters. The first-order chi connectivity index (χ1) is 12.3. The highest BCUT2D eigenvalue weighted by Crippen LogP contribution is 2.37. The van der Waals surface area contributed by atoms with Crippen LogP contribution in [0.25, 0.3) is 0 Å². The van der Waals surface area contributed by atoms with Gasteiger partial charge in [0.2, 0.25) is 0 Å². The highest BCUT2D eigenvalue weighted by Gasteiger charge is 2.30. The van der Waals surface area contributed by atoms with E-state index in [9.17, 15) is 19.8 Å². The van der Waals surface area contributed by atoms with E-state index in [1.54, 1.807) is 24.3 Å². The Morgan fingerprint density at radius 3 is 1.65 bits per heavy atom. The molecule has 3 rings (SSSR count). The van der Waals surface area contributed by atoms with Gasteiger partial charge in [0, 0.05) is 17.2 Å². The Kier molecular flexibility index (Phi) is 4.61. The van der Waals surface area contributed by atoms with E-state index in [-0.39, 0.29) is 34.1 Å². The van der Waals surface area contributed by atoms with Crippen molar-refractivity contribution >= 4 is 11.6 Å². The largest absolute Gasteiger partial charge is 0.507 e. The molecule has 26 heavy (non-hydrogen) atoms. The van der Waals surface area contributed by atoms with Crippen molar-refractivity contribution in [3.63, 3.8) is 0 Å². The number of rotatable bonds is 3. The topological polar surface area (TPSA) is 101 Å². The van der Waals surface area contributed by atoms with Crippen molar-refractivity contribution in [2.45, 2.75) is 19.8 Å². The molecule has 3 aromatic rings. The van der Waals surface area contributed by atoms with E-state index in [0.717, 1.165) is 0 Å². The summed E-state index contributed by atoms with van der Waals surface area (Å²) in [6.45, 7) is 3.03. The summed E-state index contributed by atoms with van der Waals surface area (Å²) in [5, 5.41) is 21.2. The smallest absolute Gasteiger partial charge is 0.343 e. The van der Waals surface area contributed by atoms with Crippen LogP contribution < -0.4 is 11.3 Å². The molecule has 0 atom stereocenters. The minimum atomic E-state index is -1.10. The molecule has 1 aromatic carbocycles. The fourth-order valence-electron chi connectivity index (χ4n) is 2.88. The first kappa shape index (κ1) is 17.8. The van der Waals surface area contributed by atoms with Gasteiger partial charge in [0.1, 0.15) is 23.0 Å². The van der Waals surface area contributed by atoms with Gasteiger partial charge in [0.15, 0.2) is 0 Å². The molecule has 6 nitrogen and oxygen atoms in total. The quantitative estimate of drug-likeness (QED) is 0.728. The summed E-state index contributed by atoms with van der Waals surface area (Å²) >= 11 is 5.92. The van der Waals surface area contributed by atoms with Crippen LogP contribution in [0.15, 0.2) is 54.8 Å². The first-order valence-corrected chi connectivity index (χ1v) is 8.08. The summed E-state index contributed by atoms with van der Waals surface area (Å²) in [6, 6.07) is 8.86. The van der Waals surface area contributed by atoms with Gasteiger partial charge in [-0.15, -0.1) is 0 Å². The molecule has 0 aliphatic heterocycles. The average molecular weight is 375 g/mol. The van der Waals surface area contributed by atoms with Crippen molar-refractivity contribution in [1.82, 2.24) is 0 Å². The Morgan fingerprint density at radius 2 is 1.27 bits per heavy atom. The first-order valence-electron chi connectivity index (χ1n) is 7.70. The zero-order valence-electron chi connectivity index (χ0n) is 13.9. The van der Waals surface area contributed by atoms with Crippen LogP contribution >= 0.6 is 11.6 Å². The second kappa shape index (κ2) is 6.72. The predicted molar refractivity (Wildman–Crippen MR) is 95.2 cm³/mol. The Balaban J connectivity index is 2.38. The van der Waals surface area contributed by atoms with Gasteiger partial charge in [-0.25, -0.2) is 9.59 Å². The summed E-state index contributed by atoms with van der Waals surface area (Å²) in [6.07, 6.45) is 0. The minimum absolute atomic E-state index is 0.177. The van der Waals surface area contributed by atoms with Crippen LogP contribution in [0.1, 0.15) is 34.1 Å². The van der Waals surface area contributed by atoms with Gasteiger partial charge in [-0.05, 0) is 31.5 Å². The van der Waals surface area contributed by atoms with Crippen molar-refractivity contribution in [1.29, 1.82) is 0 Å². The number of hydrogen-bond acceptors (Lipinski definition) is 6. The van der Waals surface area contributed by atoms with Gasteiger partial charge in [-0.3, -0.25) is 0 Å². The van der Waals surface area contributed by atoms with Crippen molar-refractivity contribution in [3.05, 3.63) is 90.5 Å². The Bertz CT molecular complexity index is 1010. The molecule has 2 N–H and O–H groups in total. The van der Waals surface area contributed by atoms with Gasteiger partial charge in [0.05, 0.1) is 17.0 Å². The molecule has 0 radical (unpaired) electrons. The van der Waals surface area contributed by atoms with Crippen LogP contribution in [-0.2, 0) is 0 Å². The molecule has 0 aliphatic rings. The molecule has 0 aliphatic carbocycles. The van der Waals surface area contributed by atoms with E-state index in [4.69, 9.17) is 20.4 Å². The van der Waals surface area contributed by atoms with Gasteiger partial charge in [-0.1, -0.05) is 23.7 Å². The van der Waals surface area contributed by atoms with Crippen LogP contribution in [0, 0.1) is 13.8 Å². The van der Waals surface area contributed by atoms with E-state index in [2.05, 4.69) is 0 Å².